The first kappa shape index (κ1) is 16.7. The fraction of sp³-hybridized carbons (Fsp3) is 0.923. The lowest BCUT2D eigenvalue weighted by Crippen LogP contribution is -2.54. The van der Waals surface area contributed by atoms with Crippen molar-refractivity contribution in [3.8, 4) is 0 Å². The third-order valence-electron chi connectivity index (χ3n) is 4.05. The fourth-order valence-electron chi connectivity index (χ4n) is 2.82. The van der Waals surface area contributed by atoms with Gasteiger partial charge in [-0.1, -0.05) is 0 Å². The molecular formula is C13H25N3O4S. The molecule has 1 N–H and O–H groups in total. The summed E-state index contributed by atoms with van der Waals surface area (Å²) in [4.78, 5) is 14.0. The molecule has 2 fully saturated rings. The van der Waals surface area contributed by atoms with Crippen molar-refractivity contribution in [3.63, 3.8) is 0 Å². The van der Waals surface area contributed by atoms with Crippen LogP contribution in [-0.4, -0.2) is 81.8 Å². The average Bonchev–Trinajstić information content (AvgIpc) is 3.01. The van der Waals surface area contributed by atoms with E-state index >= 15 is 0 Å². The van der Waals surface area contributed by atoms with Crippen LogP contribution in [0.3, 0.4) is 0 Å². The van der Waals surface area contributed by atoms with Crippen molar-refractivity contribution < 1.29 is 17.9 Å². The number of nitrogens with one attached hydrogen (secondary N) is 1. The van der Waals surface area contributed by atoms with E-state index in [-0.39, 0.29) is 17.7 Å². The maximum atomic E-state index is 12.2. The molecule has 0 bridgehead atoms. The van der Waals surface area contributed by atoms with Crippen molar-refractivity contribution in [3.05, 3.63) is 0 Å². The van der Waals surface area contributed by atoms with Gasteiger partial charge in [-0.2, -0.15) is 4.31 Å². The first-order chi connectivity index (χ1) is 10.0. The molecule has 8 heteroatoms. The van der Waals surface area contributed by atoms with Gasteiger partial charge in [-0.25, -0.2) is 8.42 Å². The summed E-state index contributed by atoms with van der Waals surface area (Å²) < 4.78 is 30.7. The molecule has 2 heterocycles. The Morgan fingerprint density at radius 3 is 2.57 bits per heavy atom. The Bertz CT molecular complexity index is 440. The van der Waals surface area contributed by atoms with Gasteiger partial charge < -0.3 is 15.0 Å². The van der Waals surface area contributed by atoms with E-state index in [9.17, 15) is 13.2 Å². The number of ether oxygens (including phenoxy) is 1. The van der Waals surface area contributed by atoms with Crippen molar-refractivity contribution in [2.45, 2.75) is 25.3 Å². The summed E-state index contributed by atoms with van der Waals surface area (Å²) in [6.45, 7) is 3.11. The standard InChI is InChI=1S/C13H25N3O4S/c1-20-10-3-11-21(18,19)16-8-6-15(7-9-16)13(17)12-4-2-5-14-12/h12,14H,2-11H2,1H3. The van der Waals surface area contributed by atoms with Crippen molar-refractivity contribution >= 4 is 15.9 Å². The van der Waals surface area contributed by atoms with Gasteiger partial charge in [0.15, 0.2) is 0 Å². The Hall–Kier alpha value is -0.700. The zero-order valence-corrected chi connectivity index (χ0v) is 13.4. The zero-order chi connectivity index (χ0) is 15.3. The summed E-state index contributed by atoms with van der Waals surface area (Å²) in [5.41, 5.74) is 0. The van der Waals surface area contributed by atoms with Crippen LogP contribution in [0.1, 0.15) is 19.3 Å². The van der Waals surface area contributed by atoms with E-state index in [1.807, 2.05) is 0 Å². The minimum absolute atomic E-state index is 0.0742. The second-order valence-electron chi connectivity index (χ2n) is 5.54. The van der Waals surface area contributed by atoms with Crippen LogP contribution in [0, 0.1) is 0 Å². The molecule has 0 radical (unpaired) electrons. The van der Waals surface area contributed by atoms with Crippen LogP contribution in [0.5, 0.6) is 0 Å². The Labute approximate surface area is 126 Å². The average molecular weight is 319 g/mol. The molecule has 1 amide bonds. The highest BCUT2D eigenvalue weighted by Crippen LogP contribution is 2.13. The lowest BCUT2D eigenvalue weighted by atomic mass is 10.2. The van der Waals surface area contributed by atoms with Gasteiger partial charge in [0.2, 0.25) is 15.9 Å². The molecule has 0 aromatic rings. The molecule has 0 aliphatic carbocycles. The number of piperazine rings is 1. The number of nitrogens with zero attached hydrogens (tertiary/aromatic N) is 2. The van der Waals surface area contributed by atoms with Gasteiger partial charge in [-0.3, -0.25) is 4.79 Å². The van der Waals surface area contributed by atoms with Gasteiger partial charge in [0.05, 0.1) is 11.8 Å². The molecular weight excluding hydrogens is 294 g/mol. The summed E-state index contributed by atoms with van der Waals surface area (Å²) in [5.74, 6) is 0.225. The smallest absolute Gasteiger partial charge is 0.239 e. The lowest BCUT2D eigenvalue weighted by molar-refractivity contribution is -0.134. The van der Waals surface area contributed by atoms with Crippen LogP contribution < -0.4 is 5.32 Å². The van der Waals surface area contributed by atoms with E-state index in [4.69, 9.17) is 4.74 Å². The van der Waals surface area contributed by atoms with Gasteiger partial charge >= 0.3 is 0 Å². The molecule has 21 heavy (non-hydrogen) atoms. The highest BCUT2D eigenvalue weighted by Gasteiger charge is 2.32. The largest absolute Gasteiger partial charge is 0.385 e. The van der Waals surface area contributed by atoms with Crippen LogP contribution in [-0.2, 0) is 19.6 Å². The van der Waals surface area contributed by atoms with Crippen molar-refractivity contribution in [1.82, 2.24) is 14.5 Å². The monoisotopic (exact) mass is 319 g/mol. The van der Waals surface area contributed by atoms with Crippen LogP contribution >= 0.6 is 0 Å². The number of amides is 1. The minimum atomic E-state index is -3.22. The number of hydrogen-bond donors (Lipinski definition) is 1. The molecule has 0 spiro atoms. The quantitative estimate of drug-likeness (QED) is 0.652. The first-order valence-corrected chi connectivity index (χ1v) is 9.14. The third-order valence-corrected chi connectivity index (χ3v) is 6.01. The predicted molar refractivity (Wildman–Crippen MR) is 79.5 cm³/mol. The van der Waals surface area contributed by atoms with Gasteiger partial charge in [-0.15, -0.1) is 0 Å². The molecule has 2 saturated heterocycles. The SMILES string of the molecule is COCCCS(=O)(=O)N1CCN(C(=O)C2CCCN2)CC1. The van der Waals surface area contributed by atoms with E-state index in [0.29, 0.717) is 39.2 Å². The summed E-state index contributed by atoms with van der Waals surface area (Å²) >= 11 is 0. The molecule has 122 valence electrons. The summed E-state index contributed by atoms with van der Waals surface area (Å²) in [6, 6.07) is -0.0742. The highest BCUT2D eigenvalue weighted by molar-refractivity contribution is 7.89. The molecule has 1 atom stereocenters. The predicted octanol–water partition coefficient (Wildman–Crippen LogP) is -0.751. The van der Waals surface area contributed by atoms with Gasteiger partial charge in [0.1, 0.15) is 0 Å². The maximum absolute atomic E-state index is 12.2. The number of carbonyl (C=O) groups is 1. The fourth-order valence-corrected chi connectivity index (χ4v) is 4.28. The minimum Gasteiger partial charge on any atom is -0.385 e. The van der Waals surface area contributed by atoms with Crippen LogP contribution in [0.25, 0.3) is 0 Å². The molecule has 0 aromatic heterocycles. The molecule has 2 aliphatic heterocycles. The Balaban J connectivity index is 1.80. The van der Waals surface area contributed by atoms with E-state index in [0.717, 1.165) is 19.4 Å². The zero-order valence-electron chi connectivity index (χ0n) is 12.6. The molecule has 7 nitrogen and oxygen atoms in total. The topological polar surface area (TPSA) is 79.0 Å². The van der Waals surface area contributed by atoms with Crippen LogP contribution in [0.4, 0.5) is 0 Å². The Morgan fingerprint density at radius 1 is 1.29 bits per heavy atom. The molecule has 1 unspecified atom stereocenters. The molecule has 0 aromatic carbocycles. The second-order valence-corrected chi connectivity index (χ2v) is 7.62. The summed E-state index contributed by atoms with van der Waals surface area (Å²) in [5, 5.41) is 3.19. The van der Waals surface area contributed by atoms with Crippen LogP contribution in [0.2, 0.25) is 0 Å². The molecule has 0 saturated carbocycles. The summed E-state index contributed by atoms with van der Waals surface area (Å²) in [7, 11) is -1.66. The number of rotatable bonds is 6. The molecule has 2 aliphatic rings. The Kier molecular flexibility index (Phi) is 5.98. The number of carbonyl (C=O) groups excluding carboxylic acids is 1. The second kappa shape index (κ2) is 7.53. The van der Waals surface area contributed by atoms with E-state index in [1.54, 1.807) is 12.0 Å². The highest BCUT2D eigenvalue weighted by atomic mass is 32.2. The van der Waals surface area contributed by atoms with Crippen molar-refractivity contribution in [1.29, 1.82) is 0 Å². The number of sulfonamides is 1. The Morgan fingerprint density at radius 2 is 2.00 bits per heavy atom. The third kappa shape index (κ3) is 4.38. The lowest BCUT2D eigenvalue weighted by Gasteiger charge is -2.35. The molecule has 2 rings (SSSR count). The van der Waals surface area contributed by atoms with Gasteiger partial charge in [0, 0.05) is 39.9 Å². The maximum Gasteiger partial charge on any atom is 0.239 e. The van der Waals surface area contributed by atoms with E-state index in [1.165, 1.54) is 4.31 Å². The van der Waals surface area contributed by atoms with Crippen molar-refractivity contribution in [2.24, 2.45) is 0 Å². The van der Waals surface area contributed by atoms with Crippen LogP contribution in [0.15, 0.2) is 0 Å². The number of hydrogen-bond acceptors (Lipinski definition) is 5. The normalized spacial score (nSPS) is 24.4. The van der Waals surface area contributed by atoms with Gasteiger partial charge in [0.25, 0.3) is 0 Å². The first-order valence-electron chi connectivity index (χ1n) is 7.53. The van der Waals surface area contributed by atoms with E-state index in [2.05, 4.69) is 5.32 Å². The summed E-state index contributed by atoms with van der Waals surface area (Å²) in [6.07, 6.45) is 2.42. The number of methoxy groups -OCH3 is 1. The van der Waals surface area contributed by atoms with Gasteiger partial charge in [-0.05, 0) is 25.8 Å². The van der Waals surface area contributed by atoms with Crippen molar-refractivity contribution in [2.75, 3.05) is 52.2 Å². The van der Waals surface area contributed by atoms with E-state index < -0.39 is 10.0 Å².